The molecular weight excluding hydrogens is 372 g/mol. The lowest BCUT2D eigenvalue weighted by Gasteiger charge is -2.41. The molecule has 0 N–H and O–H groups in total. The van der Waals surface area contributed by atoms with E-state index in [1.165, 1.54) is 28.6 Å². The van der Waals surface area contributed by atoms with Gasteiger partial charge in [0.1, 0.15) is 0 Å². The molecule has 2 aliphatic rings. The number of benzene rings is 1. The molecule has 0 spiro atoms. The predicted octanol–water partition coefficient (Wildman–Crippen LogP) is 2.12. The summed E-state index contributed by atoms with van der Waals surface area (Å²) in [5.41, 5.74) is 0. The van der Waals surface area contributed by atoms with Crippen molar-refractivity contribution in [3.05, 3.63) is 24.3 Å². The number of nitrogens with zero attached hydrogens (tertiary/aromatic N) is 2. The van der Waals surface area contributed by atoms with Crippen molar-refractivity contribution in [3.8, 4) is 0 Å². The molecule has 2 aliphatic heterocycles. The van der Waals surface area contributed by atoms with Crippen molar-refractivity contribution in [1.82, 2.24) is 9.21 Å². The predicted molar refractivity (Wildman–Crippen MR) is 101 cm³/mol. The summed E-state index contributed by atoms with van der Waals surface area (Å²) < 4.78 is 51.3. The van der Waals surface area contributed by atoms with Crippen molar-refractivity contribution in [3.63, 3.8) is 0 Å². The summed E-state index contributed by atoms with van der Waals surface area (Å²) in [7, 11) is -7.15. The van der Waals surface area contributed by atoms with E-state index in [4.69, 9.17) is 0 Å². The molecule has 26 heavy (non-hydrogen) atoms. The fourth-order valence-corrected chi connectivity index (χ4v) is 6.64. The van der Waals surface area contributed by atoms with Crippen LogP contribution in [0.15, 0.2) is 34.1 Å². The van der Waals surface area contributed by atoms with Gasteiger partial charge in [-0.25, -0.2) is 16.8 Å². The summed E-state index contributed by atoms with van der Waals surface area (Å²) in [6.07, 6.45) is 5.23. The molecule has 2 heterocycles. The normalized spacial score (nSPS) is 29.1. The Bertz CT molecular complexity index is 857. The van der Waals surface area contributed by atoms with E-state index < -0.39 is 19.9 Å². The van der Waals surface area contributed by atoms with Gasteiger partial charge in [0.2, 0.25) is 10.0 Å². The zero-order valence-electron chi connectivity index (χ0n) is 15.6. The van der Waals surface area contributed by atoms with Gasteiger partial charge in [0, 0.05) is 37.5 Å². The van der Waals surface area contributed by atoms with E-state index in [-0.39, 0.29) is 15.8 Å². The molecule has 8 heteroatoms. The van der Waals surface area contributed by atoms with E-state index in [0.29, 0.717) is 25.2 Å². The third-order valence-electron chi connectivity index (χ3n) is 5.67. The third kappa shape index (κ3) is 3.83. The van der Waals surface area contributed by atoms with Crippen LogP contribution >= 0.6 is 0 Å². The highest BCUT2D eigenvalue weighted by Crippen LogP contribution is 2.31. The first-order chi connectivity index (χ1) is 12.1. The van der Waals surface area contributed by atoms with Gasteiger partial charge in [-0.05, 0) is 57.7 Å². The summed E-state index contributed by atoms with van der Waals surface area (Å²) in [6, 6.07) is 6.86. The molecular formula is C18H28N2O4S2. The molecule has 146 valence electrons. The summed E-state index contributed by atoms with van der Waals surface area (Å²) >= 11 is 0. The second kappa shape index (κ2) is 7.22. The van der Waals surface area contributed by atoms with Crippen LogP contribution in [0.25, 0.3) is 0 Å². The molecule has 2 fully saturated rings. The SMILES string of the molecule is C[C@@H]1CC[C@H](C)N1[C@@H]1CCCN(S(=O)(=O)c2cccc(S(C)(=O)=O)c2)C1. The number of hydrogen-bond acceptors (Lipinski definition) is 5. The van der Waals surface area contributed by atoms with Crippen LogP contribution in [0.5, 0.6) is 0 Å². The van der Waals surface area contributed by atoms with Gasteiger partial charge in [-0.2, -0.15) is 4.31 Å². The van der Waals surface area contributed by atoms with E-state index in [1.54, 1.807) is 0 Å². The van der Waals surface area contributed by atoms with Crippen molar-refractivity contribution < 1.29 is 16.8 Å². The highest BCUT2D eigenvalue weighted by Gasteiger charge is 2.38. The van der Waals surface area contributed by atoms with Gasteiger partial charge in [-0.1, -0.05) is 6.07 Å². The van der Waals surface area contributed by atoms with Gasteiger partial charge in [0.25, 0.3) is 0 Å². The van der Waals surface area contributed by atoms with Gasteiger partial charge < -0.3 is 0 Å². The maximum atomic E-state index is 13.1. The average Bonchev–Trinajstić information content (AvgIpc) is 2.93. The van der Waals surface area contributed by atoms with Gasteiger partial charge >= 0.3 is 0 Å². The standard InChI is InChI=1S/C18H28N2O4S2/c1-14-9-10-15(2)20(14)16-6-5-11-19(13-16)26(23,24)18-8-4-7-17(12-18)25(3,21)22/h4,7-8,12,14-16H,5-6,9-11,13H2,1-3H3/t14-,15+,16-/m1/s1. The van der Waals surface area contributed by atoms with Crippen LogP contribution in [0.1, 0.15) is 39.5 Å². The fraction of sp³-hybridized carbons (Fsp3) is 0.667. The van der Waals surface area contributed by atoms with Gasteiger partial charge in [-0.15, -0.1) is 0 Å². The first-order valence-electron chi connectivity index (χ1n) is 9.18. The van der Waals surface area contributed by atoms with E-state index >= 15 is 0 Å². The van der Waals surface area contributed by atoms with Gasteiger partial charge in [-0.3, -0.25) is 4.90 Å². The lowest BCUT2D eigenvalue weighted by Crippen LogP contribution is -2.52. The number of piperidine rings is 1. The van der Waals surface area contributed by atoms with E-state index in [9.17, 15) is 16.8 Å². The van der Waals surface area contributed by atoms with Crippen LogP contribution in [-0.4, -0.2) is 63.5 Å². The number of hydrogen-bond donors (Lipinski definition) is 0. The van der Waals surface area contributed by atoms with Crippen LogP contribution < -0.4 is 0 Å². The van der Waals surface area contributed by atoms with Crippen LogP contribution in [0.4, 0.5) is 0 Å². The average molecular weight is 401 g/mol. The minimum atomic E-state index is -3.70. The molecule has 0 saturated carbocycles. The monoisotopic (exact) mass is 400 g/mol. The Morgan fingerprint density at radius 3 is 2.19 bits per heavy atom. The first kappa shape index (κ1) is 19.8. The van der Waals surface area contributed by atoms with Crippen molar-refractivity contribution in [2.24, 2.45) is 0 Å². The minimum absolute atomic E-state index is 0.0360. The summed E-state index contributed by atoms with van der Waals surface area (Å²) in [5.74, 6) is 0. The third-order valence-corrected chi connectivity index (χ3v) is 8.64. The highest BCUT2D eigenvalue weighted by atomic mass is 32.2. The number of sulfone groups is 1. The zero-order chi connectivity index (χ0) is 19.1. The Kier molecular flexibility index (Phi) is 5.50. The van der Waals surface area contributed by atoms with Crippen molar-refractivity contribution >= 4 is 19.9 Å². The molecule has 6 nitrogen and oxygen atoms in total. The maximum absolute atomic E-state index is 13.1. The molecule has 3 rings (SSSR count). The molecule has 0 aromatic heterocycles. The largest absolute Gasteiger partial charge is 0.294 e. The van der Waals surface area contributed by atoms with Crippen LogP contribution in [0.2, 0.25) is 0 Å². The first-order valence-corrected chi connectivity index (χ1v) is 12.5. The zero-order valence-corrected chi connectivity index (χ0v) is 17.3. The van der Waals surface area contributed by atoms with Gasteiger partial charge in [0.05, 0.1) is 9.79 Å². The molecule has 0 radical (unpaired) electrons. The highest BCUT2D eigenvalue weighted by molar-refractivity contribution is 7.91. The molecule has 1 aromatic rings. The molecule has 3 atom stereocenters. The van der Waals surface area contributed by atoms with E-state index in [0.717, 1.165) is 31.9 Å². The Labute approximate surface area is 157 Å². The molecule has 0 bridgehead atoms. The molecule has 1 aromatic carbocycles. The molecule has 0 aliphatic carbocycles. The topological polar surface area (TPSA) is 74.8 Å². The Hall–Kier alpha value is -0.960. The minimum Gasteiger partial charge on any atom is -0.294 e. The van der Waals surface area contributed by atoms with Crippen molar-refractivity contribution in [1.29, 1.82) is 0 Å². The van der Waals surface area contributed by atoms with Crippen molar-refractivity contribution in [2.75, 3.05) is 19.3 Å². The number of rotatable bonds is 4. The number of likely N-dealkylation sites (tertiary alicyclic amines) is 1. The second-order valence-corrected chi connectivity index (χ2v) is 11.6. The van der Waals surface area contributed by atoms with Crippen molar-refractivity contribution in [2.45, 2.75) is 67.4 Å². The maximum Gasteiger partial charge on any atom is 0.243 e. The Morgan fingerprint density at radius 1 is 0.962 bits per heavy atom. The molecule has 0 unspecified atom stereocenters. The van der Waals surface area contributed by atoms with Crippen LogP contribution in [0, 0.1) is 0 Å². The molecule has 2 saturated heterocycles. The quantitative estimate of drug-likeness (QED) is 0.774. The second-order valence-electron chi connectivity index (χ2n) is 7.63. The molecule has 0 amide bonds. The van der Waals surface area contributed by atoms with Crippen LogP contribution in [-0.2, 0) is 19.9 Å². The fourth-order valence-electron chi connectivity index (χ4n) is 4.33. The van der Waals surface area contributed by atoms with E-state index in [1.807, 2.05) is 0 Å². The summed E-state index contributed by atoms with van der Waals surface area (Å²) in [6.45, 7) is 5.39. The Morgan fingerprint density at radius 2 is 1.58 bits per heavy atom. The lowest BCUT2D eigenvalue weighted by atomic mass is 10.0. The van der Waals surface area contributed by atoms with E-state index in [2.05, 4.69) is 18.7 Å². The van der Waals surface area contributed by atoms with Gasteiger partial charge in [0.15, 0.2) is 9.84 Å². The smallest absolute Gasteiger partial charge is 0.243 e. The summed E-state index contributed by atoms with van der Waals surface area (Å²) in [5, 5.41) is 0. The number of sulfonamides is 1. The summed E-state index contributed by atoms with van der Waals surface area (Å²) in [4.78, 5) is 2.56. The van der Waals surface area contributed by atoms with Crippen LogP contribution in [0.3, 0.4) is 0 Å². The Balaban J connectivity index is 1.86. The lowest BCUT2D eigenvalue weighted by molar-refractivity contribution is 0.0979.